The Morgan fingerprint density at radius 1 is 1.21 bits per heavy atom. The Morgan fingerprint density at radius 3 is 2.74 bits per heavy atom. The maximum Gasteiger partial charge on any atom is 0.279 e. The lowest BCUT2D eigenvalue weighted by Crippen LogP contribution is -2.15. The Bertz CT molecular complexity index is 1140. The number of anilines is 1. The number of carbonyl (C=O) groups excluding carboxylic acids is 1. The third-order valence-electron chi connectivity index (χ3n) is 5.89. The van der Waals surface area contributed by atoms with Gasteiger partial charge in [0.2, 0.25) is 5.95 Å². The molecule has 0 radical (unpaired) electrons. The van der Waals surface area contributed by atoms with Crippen molar-refractivity contribution in [2.24, 2.45) is 0 Å². The molecule has 0 bridgehead atoms. The Hall–Kier alpha value is -3.42. The number of rotatable bonds is 13. The van der Waals surface area contributed by atoms with E-state index in [0.717, 1.165) is 55.0 Å². The van der Waals surface area contributed by atoms with Gasteiger partial charge in [-0.1, -0.05) is 50.8 Å². The third kappa shape index (κ3) is 6.56. The van der Waals surface area contributed by atoms with Crippen LogP contribution in [0.15, 0.2) is 41.2 Å². The van der Waals surface area contributed by atoms with Gasteiger partial charge in [-0.05, 0) is 43.4 Å². The van der Waals surface area contributed by atoms with Crippen LogP contribution in [0.1, 0.15) is 86.7 Å². The van der Waals surface area contributed by atoms with Crippen LogP contribution in [-0.4, -0.2) is 33.7 Å². The molecule has 0 fully saturated rings. The van der Waals surface area contributed by atoms with E-state index < -0.39 is 5.91 Å². The summed E-state index contributed by atoms with van der Waals surface area (Å²) in [6.07, 6.45) is 12.6. The van der Waals surface area contributed by atoms with Crippen molar-refractivity contribution in [3.8, 4) is 0 Å². The molecule has 7 nitrogen and oxygen atoms in total. The molecular weight excluding hydrogens is 433 g/mol. The molecule has 1 atom stereocenters. The summed E-state index contributed by atoms with van der Waals surface area (Å²) in [7, 11) is 0. The molecule has 1 amide bonds. The third-order valence-corrected chi connectivity index (χ3v) is 5.89. The lowest BCUT2D eigenvalue weighted by Gasteiger charge is -2.10. The molecule has 180 valence electrons. The van der Waals surface area contributed by atoms with Crippen LogP contribution in [0, 0.1) is 5.41 Å². The minimum atomic E-state index is -0.430. The fraction of sp³-hybridized carbons (Fsp3) is 0.423. The van der Waals surface area contributed by atoms with Crippen LogP contribution in [0.5, 0.6) is 0 Å². The minimum Gasteiger partial charge on any atom is -0.448 e. The number of hydrogen-bond acceptors (Lipinski definition) is 6. The first kappa shape index (κ1) is 25.2. The van der Waals surface area contributed by atoms with Gasteiger partial charge in [-0.3, -0.25) is 14.5 Å². The normalized spacial score (nSPS) is 12.6. The van der Waals surface area contributed by atoms with Gasteiger partial charge in [-0.25, -0.2) is 15.0 Å². The molecule has 0 aliphatic heterocycles. The summed E-state index contributed by atoms with van der Waals surface area (Å²) < 4.78 is 17.8. The summed E-state index contributed by atoms with van der Waals surface area (Å²) in [6, 6.07) is 5.67. The van der Waals surface area contributed by atoms with E-state index in [-0.39, 0.29) is 24.2 Å². The van der Waals surface area contributed by atoms with Crippen LogP contribution in [0.2, 0.25) is 0 Å². The number of carbonyl (C=O) groups is 1. The fourth-order valence-corrected chi connectivity index (χ4v) is 3.86. The van der Waals surface area contributed by atoms with E-state index in [0.29, 0.717) is 17.8 Å². The van der Waals surface area contributed by atoms with Crippen molar-refractivity contribution < 1.29 is 13.6 Å². The van der Waals surface area contributed by atoms with Crippen molar-refractivity contribution in [3.05, 3.63) is 53.9 Å². The fourth-order valence-electron chi connectivity index (χ4n) is 3.86. The summed E-state index contributed by atoms with van der Waals surface area (Å²) in [4.78, 5) is 25.8. The Balaban J connectivity index is 1.64. The number of nitrogens with one attached hydrogen (secondary N) is 2. The molecular formula is C26H32FN5O2. The molecule has 1 aromatic carbocycles. The van der Waals surface area contributed by atoms with Gasteiger partial charge in [0, 0.05) is 23.7 Å². The number of unbranched alkanes of at least 4 members (excludes halogenated alkanes) is 4. The molecule has 0 aliphatic carbocycles. The number of alkyl halides is 1. The van der Waals surface area contributed by atoms with Crippen molar-refractivity contribution >= 4 is 34.5 Å². The van der Waals surface area contributed by atoms with Crippen molar-refractivity contribution in [3.63, 3.8) is 0 Å². The van der Waals surface area contributed by atoms with E-state index in [1.165, 1.54) is 12.5 Å². The highest BCUT2D eigenvalue weighted by Crippen LogP contribution is 2.26. The highest BCUT2D eigenvalue weighted by molar-refractivity contribution is 6.09. The number of oxazole rings is 1. The van der Waals surface area contributed by atoms with Crippen LogP contribution < -0.4 is 5.32 Å². The lowest BCUT2D eigenvalue weighted by atomic mass is 9.98. The molecule has 1 unspecified atom stereocenters. The van der Waals surface area contributed by atoms with Crippen LogP contribution in [-0.2, 0) is 0 Å². The number of halogens is 1. The topological polar surface area (TPSA) is 105 Å². The second-order valence-electron chi connectivity index (χ2n) is 8.23. The van der Waals surface area contributed by atoms with E-state index in [1.807, 2.05) is 31.2 Å². The molecule has 3 rings (SSSR count). The van der Waals surface area contributed by atoms with Gasteiger partial charge in [0.15, 0.2) is 11.6 Å². The number of nitrogens with zero attached hydrogens (tertiary/aromatic N) is 3. The zero-order valence-corrected chi connectivity index (χ0v) is 19.8. The summed E-state index contributed by atoms with van der Waals surface area (Å²) >= 11 is 0. The average molecular weight is 466 g/mol. The molecule has 0 aliphatic rings. The molecule has 34 heavy (non-hydrogen) atoms. The summed E-state index contributed by atoms with van der Waals surface area (Å²) in [5.74, 6) is 0.454. The Labute approximate surface area is 199 Å². The average Bonchev–Trinajstić information content (AvgIpc) is 3.34. The van der Waals surface area contributed by atoms with Crippen LogP contribution in [0.25, 0.3) is 16.5 Å². The largest absolute Gasteiger partial charge is 0.448 e. The van der Waals surface area contributed by atoms with Crippen LogP contribution >= 0.6 is 0 Å². The predicted octanol–water partition coefficient (Wildman–Crippen LogP) is 6.73. The highest BCUT2D eigenvalue weighted by atomic mass is 19.1. The maximum atomic E-state index is 12.7. The lowest BCUT2D eigenvalue weighted by molar-refractivity contribution is 0.102. The van der Waals surface area contributed by atoms with E-state index in [1.54, 1.807) is 6.20 Å². The Kier molecular flexibility index (Phi) is 9.43. The van der Waals surface area contributed by atoms with Crippen molar-refractivity contribution in [2.75, 3.05) is 12.0 Å². The quantitative estimate of drug-likeness (QED) is 0.215. The van der Waals surface area contributed by atoms with Gasteiger partial charge in [-0.15, -0.1) is 0 Å². The Morgan fingerprint density at radius 2 is 2.00 bits per heavy atom. The summed E-state index contributed by atoms with van der Waals surface area (Å²) in [5, 5.41) is 11.1. The number of hydrogen-bond donors (Lipinski definition) is 2. The molecule has 8 heteroatoms. The van der Waals surface area contributed by atoms with E-state index >= 15 is 0 Å². The molecule has 3 aromatic rings. The summed E-state index contributed by atoms with van der Waals surface area (Å²) in [6.45, 7) is 3.71. The first-order valence-electron chi connectivity index (χ1n) is 11.9. The molecule has 2 aromatic heterocycles. The van der Waals surface area contributed by atoms with Gasteiger partial charge < -0.3 is 9.83 Å². The molecule has 0 saturated heterocycles. The standard InChI is InChI=1S/C26H32FN5O2/c1-3-18(10-8-6-5-7-9-13-27)25-30-23(17-34-25)24(33)32-26-29-16-21-12-11-20(14-22(21)31-26)19(4-2)15-28/h4,11-12,14-18,28H,3,5-10,13H2,1-2H3,(H,29,31,32,33)/b19-4+,28-15?. The number of aromatic nitrogens is 3. The molecule has 2 heterocycles. The van der Waals surface area contributed by atoms with Crippen LogP contribution in [0.4, 0.5) is 10.3 Å². The van der Waals surface area contributed by atoms with Gasteiger partial charge >= 0.3 is 0 Å². The second-order valence-corrected chi connectivity index (χ2v) is 8.23. The minimum absolute atomic E-state index is 0.146. The predicted molar refractivity (Wildman–Crippen MR) is 133 cm³/mol. The van der Waals surface area contributed by atoms with E-state index in [4.69, 9.17) is 9.83 Å². The SMILES string of the molecule is C/C=C(\C=N)c1ccc2cnc(NC(=O)c3coc(C(CC)CCCCCCCF)n3)nc2c1. The van der Waals surface area contributed by atoms with E-state index in [2.05, 4.69) is 27.2 Å². The van der Waals surface area contributed by atoms with Gasteiger partial charge in [0.1, 0.15) is 6.26 Å². The summed E-state index contributed by atoms with van der Waals surface area (Å²) in [5.41, 5.74) is 2.51. The smallest absolute Gasteiger partial charge is 0.279 e. The number of benzene rings is 1. The first-order chi connectivity index (χ1) is 16.6. The van der Waals surface area contributed by atoms with Crippen molar-refractivity contribution in [2.45, 2.75) is 64.7 Å². The van der Waals surface area contributed by atoms with Crippen LogP contribution in [0.3, 0.4) is 0 Å². The van der Waals surface area contributed by atoms with Gasteiger partial charge in [0.25, 0.3) is 5.91 Å². The van der Waals surface area contributed by atoms with Gasteiger partial charge in [-0.2, -0.15) is 0 Å². The highest BCUT2D eigenvalue weighted by Gasteiger charge is 2.19. The zero-order chi connectivity index (χ0) is 24.3. The van der Waals surface area contributed by atoms with Gasteiger partial charge in [0.05, 0.1) is 12.2 Å². The van der Waals surface area contributed by atoms with Crippen molar-refractivity contribution in [1.29, 1.82) is 5.41 Å². The van der Waals surface area contributed by atoms with Crippen molar-refractivity contribution in [1.82, 2.24) is 15.0 Å². The number of amides is 1. The first-order valence-corrected chi connectivity index (χ1v) is 11.9. The number of allylic oxidation sites excluding steroid dienone is 2. The second kappa shape index (κ2) is 12.7. The molecule has 0 spiro atoms. The maximum absolute atomic E-state index is 12.7. The molecule has 0 saturated carbocycles. The monoisotopic (exact) mass is 465 g/mol. The molecule has 2 N–H and O–H groups in total. The number of fused-ring (bicyclic) bond motifs is 1. The van der Waals surface area contributed by atoms with E-state index in [9.17, 15) is 9.18 Å². The zero-order valence-electron chi connectivity index (χ0n) is 19.8.